The molecule has 3 N–H and O–H groups in total. The summed E-state index contributed by atoms with van der Waals surface area (Å²) in [6.45, 7) is 1.66. The number of nitrogen functional groups attached to an aromatic ring is 1. The number of amides is 2. The number of carbonyl (C=O) groups is 3. The van der Waals surface area contributed by atoms with Gasteiger partial charge in [-0.2, -0.15) is 0 Å². The number of pyridine rings is 1. The Bertz CT molecular complexity index is 1110. The molecule has 2 amide bonds. The number of rotatable bonds is 6. The first-order chi connectivity index (χ1) is 15.1. The van der Waals surface area contributed by atoms with Gasteiger partial charge in [0.05, 0.1) is 5.92 Å². The lowest BCUT2D eigenvalue weighted by Crippen LogP contribution is -2.66. The summed E-state index contributed by atoms with van der Waals surface area (Å²) in [5.41, 5.74) is 6.76. The Hall–Kier alpha value is -3.76. The van der Waals surface area contributed by atoms with Crippen LogP contribution in [0.2, 0.25) is 0 Å². The van der Waals surface area contributed by atoms with E-state index in [2.05, 4.69) is 14.5 Å². The van der Waals surface area contributed by atoms with Crippen molar-refractivity contribution in [3.63, 3.8) is 0 Å². The Morgan fingerprint density at radius 3 is 2.66 bits per heavy atom. The fourth-order valence-corrected chi connectivity index (χ4v) is 3.93. The Labute approximate surface area is 180 Å². The molecule has 3 heterocycles. The number of fused-ring (bicyclic) bond motifs is 1. The molecule has 0 spiro atoms. The van der Waals surface area contributed by atoms with Gasteiger partial charge in [-0.1, -0.05) is 13.0 Å². The summed E-state index contributed by atoms with van der Waals surface area (Å²) in [5, 5.41) is 9.59. The molecule has 168 valence electrons. The average Bonchev–Trinajstić information content (AvgIpc) is 3.02. The third-order valence-electron chi connectivity index (χ3n) is 5.51. The lowest BCUT2D eigenvalue weighted by molar-refractivity contribution is -0.286. The van der Waals surface area contributed by atoms with Crippen molar-refractivity contribution < 1.29 is 37.7 Å². The molecule has 2 aliphatic heterocycles. The van der Waals surface area contributed by atoms with Crippen LogP contribution in [0.1, 0.15) is 30.4 Å². The second-order valence-corrected chi connectivity index (χ2v) is 7.76. The predicted octanol–water partition coefficient (Wildman–Crippen LogP) is 2.16. The van der Waals surface area contributed by atoms with Crippen LogP contribution >= 0.6 is 0 Å². The highest BCUT2D eigenvalue weighted by molar-refractivity contribution is 6.08. The summed E-state index contributed by atoms with van der Waals surface area (Å²) in [5.74, 6) is -3.98. The van der Waals surface area contributed by atoms with Crippen LogP contribution in [0.5, 0.6) is 11.5 Å². The van der Waals surface area contributed by atoms with Crippen molar-refractivity contribution in [2.45, 2.75) is 38.0 Å². The van der Waals surface area contributed by atoms with E-state index in [4.69, 9.17) is 5.73 Å². The number of aromatic nitrogens is 1. The van der Waals surface area contributed by atoms with Gasteiger partial charge in [0.15, 0.2) is 11.5 Å². The first kappa shape index (κ1) is 21.5. The number of hydrogen-bond acceptors (Lipinski definition) is 7. The molecule has 32 heavy (non-hydrogen) atoms. The molecule has 3 atom stereocenters. The van der Waals surface area contributed by atoms with E-state index in [-0.39, 0.29) is 30.2 Å². The van der Waals surface area contributed by atoms with Crippen LogP contribution in [0.15, 0.2) is 36.5 Å². The molecule has 0 radical (unpaired) electrons. The highest BCUT2D eigenvalue weighted by Gasteiger charge is 2.54. The minimum Gasteiger partial charge on any atom is -0.480 e. The van der Waals surface area contributed by atoms with Gasteiger partial charge < -0.3 is 20.3 Å². The fourth-order valence-electron chi connectivity index (χ4n) is 3.93. The van der Waals surface area contributed by atoms with Gasteiger partial charge in [-0.3, -0.25) is 14.5 Å². The lowest BCUT2D eigenvalue weighted by atomic mass is 9.81. The number of nitrogens with zero attached hydrogens (tertiary/aromatic N) is 2. The van der Waals surface area contributed by atoms with Gasteiger partial charge in [0, 0.05) is 12.6 Å². The first-order valence-corrected chi connectivity index (χ1v) is 9.74. The Balaban J connectivity index is 1.45. The number of imide groups is 1. The van der Waals surface area contributed by atoms with Crippen molar-refractivity contribution in [1.29, 1.82) is 0 Å². The maximum Gasteiger partial charge on any atom is 0.586 e. The van der Waals surface area contributed by atoms with Gasteiger partial charge in [-0.05, 0) is 47.7 Å². The summed E-state index contributed by atoms with van der Waals surface area (Å²) in [7, 11) is 0. The number of hydrogen-bond donors (Lipinski definition) is 2. The first-order valence-electron chi connectivity index (χ1n) is 9.74. The molecule has 1 aromatic heterocycles. The highest BCUT2D eigenvalue weighted by atomic mass is 19.3. The third-order valence-corrected chi connectivity index (χ3v) is 5.51. The maximum absolute atomic E-state index is 13.2. The number of β-lactam (4-membered cyclic amide) rings is 1. The molecule has 11 heteroatoms. The number of benzene rings is 1. The molecule has 1 saturated heterocycles. The molecule has 0 saturated carbocycles. The molecule has 9 nitrogen and oxygen atoms in total. The molecule has 1 fully saturated rings. The van der Waals surface area contributed by atoms with E-state index in [1.54, 1.807) is 19.1 Å². The molecule has 2 aliphatic rings. The van der Waals surface area contributed by atoms with Crippen molar-refractivity contribution in [2.24, 2.45) is 5.92 Å². The zero-order valence-corrected chi connectivity index (χ0v) is 16.8. The normalized spacial score (nSPS) is 21.7. The molecular weight excluding hydrogens is 428 g/mol. The monoisotopic (exact) mass is 447 g/mol. The van der Waals surface area contributed by atoms with E-state index in [0.29, 0.717) is 11.1 Å². The number of nitrogens with two attached hydrogens (primary N) is 1. The van der Waals surface area contributed by atoms with Gasteiger partial charge in [0.1, 0.15) is 11.9 Å². The number of carboxylic acids is 1. The van der Waals surface area contributed by atoms with E-state index < -0.39 is 42.0 Å². The topological polar surface area (TPSA) is 132 Å². The van der Waals surface area contributed by atoms with Crippen LogP contribution in [-0.2, 0) is 20.8 Å². The van der Waals surface area contributed by atoms with Crippen molar-refractivity contribution in [3.05, 3.63) is 47.7 Å². The molecule has 4 rings (SSSR count). The summed E-state index contributed by atoms with van der Waals surface area (Å²) >= 11 is 0. The molecule has 0 bridgehead atoms. The number of halogens is 2. The van der Waals surface area contributed by atoms with E-state index >= 15 is 0 Å². The largest absolute Gasteiger partial charge is 0.586 e. The van der Waals surface area contributed by atoms with Crippen LogP contribution in [-0.4, -0.2) is 45.1 Å². The minimum atomic E-state index is -3.76. The van der Waals surface area contributed by atoms with E-state index in [1.807, 2.05) is 0 Å². The zero-order valence-electron chi connectivity index (χ0n) is 16.8. The molecule has 1 unspecified atom stereocenters. The van der Waals surface area contributed by atoms with Gasteiger partial charge >= 0.3 is 12.3 Å². The summed E-state index contributed by atoms with van der Waals surface area (Å²) in [4.78, 5) is 41.8. The van der Waals surface area contributed by atoms with Crippen LogP contribution in [0.25, 0.3) is 0 Å². The summed E-state index contributed by atoms with van der Waals surface area (Å²) in [6, 6.07) is 6.01. The van der Waals surface area contributed by atoms with Gasteiger partial charge in [0.25, 0.3) is 0 Å². The average molecular weight is 447 g/mol. The summed E-state index contributed by atoms with van der Waals surface area (Å²) in [6.07, 6.45) is -2.39. The standard InChI is InChI=1S/C21H19F2N3O6/c1-10(12-2-3-14-15(9-12)32-21(22,23)31-14)6-17(27)26-18(20(29)30)13(19(26)28)7-11-4-5-25-16(24)8-11/h2-5,8-10,13,18H,6-7H2,1H3,(H2,24,25)(H,29,30)/t10-,13?,18-/m0/s1. The number of alkyl halides is 2. The van der Waals surface area contributed by atoms with E-state index in [0.717, 1.165) is 4.90 Å². The van der Waals surface area contributed by atoms with Gasteiger partial charge in [-0.25, -0.2) is 9.78 Å². The molecular formula is C21H19F2N3O6. The molecule has 1 aromatic carbocycles. The number of likely N-dealkylation sites (tertiary alicyclic amines) is 1. The minimum absolute atomic E-state index is 0.109. The SMILES string of the molecule is C[C@@H](CC(=O)N1C(=O)C(Cc2ccnc(N)c2)[C@H]1C(=O)O)c1ccc2c(c1)OC(F)(F)O2. The molecule has 2 aromatic rings. The lowest BCUT2D eigenvalue weighted by Gasteiger charge is -2.43. The van der Waals surface area contributed by atoms with Crippen LogP contribution in [0, 0.1) is 5.92 Å². The van der Waals surface area contributed by atoms with Crippen LogP contribution in [0.4, 0.5) is 14.6 Å². The maximum atomic E-state index is 13.2. The summed E-state index contributed by atoms with van der Waals surface area (Å²) < 4.78 is 35.2. The van der Waals surface area contributed by atoms with Crippen LogP contribution < -0.4 is 15.2 Å². The Morgan fingerprint density at radius 1 is 1.25 bits per heavy atom. The van der Waals surface area contributed by atoms with Crippen molar-refractivity contribution in [3.8, 4) is 11.5 Å². The highest BCUT2D eigenvalue weighted by Crippen LogP contribution is 2.42. The number of ether oxygens (including phenoxy) is 2. The van der Waals surface area contributed by atoms with E-state index in [1.165, 1.54) is 24.4 Å². The number of carboxylic acid groups (broad SMARTS) is 1. The third kappa shape index (κ3) is 3.93. The quantitative estimate of drug-likeness (QED) is 0.644. The van der Waals surface area contributed by atoms with Crippen molar-refractivity contribution >= 4 is 23.6 Å². The van der Waals surface area contributed by atoms with Crippen molar-refractivity contribution in [1.82, 2.24) is 9.88 Å². The predicted molar refractivity (Wildman–Crippen MR) is 105 cm³/mol. The molecule has 0 aliphatic carbocycles. The van der Waals surface area contributed by atoms with Crippen molar-refractivity contribution in [2.75, 3.05) is 5.73 Å². The smallest absolute Gasteiger partial charge is 0.480 e. The fraction of sp³-hybridized carbons (Fsp3) is 0.333. The number of carbonyl (C=O) groups excluding carboxylic acids is 2. The second kappa shape index (κ2) is 7.74. The van der Waals surface area contributed by atoms with Crippen LogP contribution in [0.3, 0.4) is 0 Å². The Morgan fingerprint density at radius 2 is 1.97 bits per heavy atom. The second-order valence-electron chi connectivity index (χ2n) is 7.76. The van der Waals surface area contributed by atoms with Gasteiger partial charge in [-0.15, -0.1) is 8.78 Å². The number of aliphatic carboxylic acids is 1. The van der Waals surface area contributed by atoms with Gasteiger partial charge in [0.2, 0.25) is 11.8 Å². The number of anilines is 1. The zero-order chi connectivity index (χ0) is 23.2. The van der Waals surface area contributed by atoms with E-state index in [9.17, 15) is 28.3 Å². The Kier molecular flexibility index (Phi) is 5.19.